The molecule has 0 unspecified atom stereocenters. The molecule has 3 aliphatic rings. The second-order valence-electron chi connectivity index (χ2n) is 10.6. The Kier molecular flexibility index (Phi) is 6.93. The molecular weight excluding hydrogens is 494 g/mol. The predicted molar refractivity (Wildman–Crippen MR) is 131 cm³/mol. The average molecular weight is 526 g/mol. The van der Waals surface area contributed by atoms with E-state index < -0.39 is 27.1 Å². The van der Waals surface area contributed by atoms with Gasteiger partial charge in [0.15, 0.2) is 0 Å². The van der Waals surface area contributed by atoms with E-state index in [1.54, 1.807) is 20.8 Å². The molecule has 3 amide bonds. The molecule has 3 fully saturated rings. The molecule has 0 bridgehead atoms. The summed E-state index contributed by atoms with van der Waals surface area (Å²) in [6.07, 6.45) is 3.77. The van der Waals surface area contributed by atoms with Crippen molar-refractivity contribution in [2.75, 3.05) is 18.0 Å². The molecule has 2 aliphatic heterocycles. The summed E-state index contributed by atoms with van der Waals surface area (Å²) in [5.41, 5.74) is -1.02. The van der Waals surface area contributed by atoms with Gasteiger partial charge in [-0.05, 0) is 64.7 Å². The second-order valence-corrected chi connectivity index (χ2v) is 13.0. The number of piperidine rings is 1. The van der Waals surface area contributed by atoms with Gasteiger partial charge >= 0.3 is 6.09 Å². The van der Waals surface area contributed by atoms with E-state index in [0.717, 1.165) is 17.7 Å². The van der Waals surface area contributed by atoms with Gasteiger partial charge in [-0.3, -0.25) is 9.59 Å². The van der Waals surface area contributed by atoms with Crippen molar-refractivity contribution in [1.82, 2.24) is 9.62 Å². The van der Waals surface area contributed by atoms with Gasteiger partial charge in [0, 0.05) is 25.6 Å². The van der Waals surface area contributed by atoms with Crippen LogP contribution < -0.4 is 10.2 Å². The Balaban J connectivity index is 1.43. The van der Waals surface area contributed by atoms with E-state index in [4.69, 9.17) is 16.3 Å². The fraction of sp³-hybridized carbons (Fsp3) is 0.625. The molecule has 0 radical (unpaired) electrons. The van der Waals surface area contributed by atoms with E-state index in [2.05, 4.69) is 5.32 Å². The van der Waals surface area contributed by atoms with Crippen molar-refractivity contribution in [1.29, 1.82) is 0 Å². The first kappa shape index (κ1) is 25.9. The van der Waals surface area contributed by atoms with Crippen molar-refractivity contribution in [3.63, 3.8) is 0 Å². The quantitative estimate of drug-likeness (QED) is 0.597. The van der Waals surface area contributed by atoms with Crippen LogP contribution in [0.3, 0.4) is 0 Å². The molecule has 1 N–H and O–H groups in total. The first-order valence-electron chi connectivity index (χ1n) is 12.0. The Morgan fingerprint density at radius 1 is 1.14 bits per heavy atom. The minimum absolute atomic E-state index is 0.000485. The van der Waals surface area contributed by atoms with E-state index in [1.807, 2.05) is 0 Å². The Morgan fingerprint density at radius 3 is 2.34 bits per heavy atom. The third kappa shape index (κ3) is 5.20. The first-order valence-corrected chi connectivity index (χ1v) is 13.8. The standard InChI is InChI=1S/C24H32ClN3O6S/c1-23(2,3)34-22(31)26-16-8-12-27(13-9-16)35(32,33)17-6-7-19(18(25)14-17)28-20(29)15-24(21(28)30)10-4-5-11-24/h6-7,14,16H,4-5,8-13,15H2,1-3H3,(H,26,31). The Hall–Kier alpha value is -2.17. The van der Waals surface area contributed by atoms with Gasteiger partial charge in [0.25, 0.3) is 0 Å². The van der Waals surface area contributed by atoms with Crippen molar-refractivity contribution >= 4 is 45.2 Å². The number of benzene rings is 1. The lowest BCUT2D eigenvalue weighted by atomic mass is 9.84. The zero-order valence-electron chi connectivity index (χ0n) is 20.3. The zero-order valence-corrected chi connectivity index (χ0v) is 21.9. The van der Waals surface area contributed by atoms with Crippen molar-refractivity contribution in [3.05, 3.63) is 23.2 Å². The summed E-state index contributed by atoms with van der Waals surface area (Å²) < 4.78 is 33.1. The molecule has 2 saturated heterocycles. The lowest BCUT2D eigenvalue weighted by molar-refractivity contribution is -0.125. The maximum absolute atomic E-state index is 13.2. The highest BCUT2D eigenvalue weighted by Crippen LogP contribution is 2.49. The van der Waals surface area contributed by atoms with Crippen LogP contribution in [0.5, 0.6) is 0 Å². The number of amides is 3. The number of carbonyl (C=O) groups excluding carboxylic acids is 3. The van der Waals surface area contributed by atoms with Gasteiger partial charge in [0.1, 0.15) is 5.60 Å². The monoisotopic (exact) mass is 525 g/mol. The normalized spacial score (nSPS) is 21.7. The number of imide groups is 1. The Labute approximate surface area is 211 Å². The summed E-state index contributed by atoms with van der Waals surface area (Å²) in [5.74, 6) is -0.536. The molecule has 11 heteroatoms. The van der Waals surface area contributed by atoms with Crippen LogP contribution in [0.1, 0.15) is 65.7 Å². The molecule has 0 atom stereocenters. The van der Waals surface area contributed by atoms with E-state index >= 15 is 0 Å². The lowest BCUT2D eigenvalue weighted by Crippen LogP contribution is -2.47. The molecule has 1 aromatic rings. The van der Waals surface area contributed by atoms with Crippen LogP contribution in [0.4, 0.5) is 10.5 Å². The zero-order chi connectivity index (χ0) is 25.6. The molecule has 1 spiro atoms. The van der Waals surface area contributed by atoms with Crippen molar-refractivity contribution < 1.29 is 27.5 Å². The number of anilines is 1. The number of hydrogen-bond donors (Lipinski definition) is 1. The number of carbonyl (C=O) groups is 3. The topological polar surface area (TPSA) is 113 Å². The summed E-state index contributed by atoms with van der Waals surface area (Å²) >= 11 is 6.42. The molecule has 9 nitrogen and oxygen atoms in total. The van der Waals surface area contributed by atoms with Crippen LogP contribution in [0.2, 0.25) is 5.02 Å². The van der Waals surface area contributed by atoms with Crippen LogP contribution in [-0.2, 0) is 24.3 Å². The maximum atomic E-state index is 13.2. The molecule has 1 aliphatic carbocycles. The highest BCUT2D eigenvalue weighted by Gasteiger charge is 2.53. The number of alkyl carbamates (subject to hydrolysis) is 1. The van der Waals surface area contributed by atoms with Gasteiger partial charge in [0.2, 0.25) is 21.8 Å². The number of nitrogens with one attached hydrogen (secondary N) is 1. The summed E-state index contributed by atoms with van der Waals surface area (Å²) in [6.45, 7) is 5.79. The number of ether oxygens (including phenoxy) is 1. The summed E-state index contributed by atoms with van der Waals surface area (Å²) in [4.78, 5) is 38.9. The first-order chi connectivity index (χ1) is 16.3. The molecule has 0 aromatic heterocycles. The van der Waals surface area contributed by atoms with Crippen LogP contribution >= 0.6 is 11.6 Å². The summed E-state index contributed by atoms with van der Waals surface area (Å²) in [7, 11) is -3.84. The van der Waals surface area contributed by atoms with Gasteiger partial charge in [-0.25, -0.2) is 18.1 Å². The van der Waals surface area contributed by atoms with Gasteiger partial charge < -0.3 is 10.1 Å². The van der Waals surface area contributed by atoms with Crippen LogP contribution in [0.15, 0.2) is 23.1 Å². The van der Waals surface area contributed by atoms with Crippen LogP contribution in [0, 0.1) is 5.41 Å². The summed E-state index contributed by atoms with van der Waals surface area (Å²) in [6, 6.07) is 3.95. The van der Waals surface area contributed by atoms with E-state index in [-0.39, 0.29) is 53.0 Å². The summed E-state index contributed by atoms with van der Waals surface area (Å²) in [5, 5.41) is 2.84. The minimum Gasteiger partial charge on any atom is -0.444 e. The Bertz CT molecular complexity index is 1130. The van der Waals surface area contributed by atoms with Crippen LogP contribution in [-0.4, -0.2) is 55.4 Å². The van der Waals surface area contributed by atoms with E-state index in [9.17, 15) is 22.8 Å². The van der Waals surface area contributed by atoms with E-state index in [0.29, 0.717) is 25.7 Å². The third-order valence-corrected chi connectivity index (χ3v) is 9.13. The van der Waals surface area contributed by atoms with Crippen molar-refractivity contribution in [2.45, 2.75) is 82.3 Å². The number of hydrogen-bond acceptors (Lipinski definition) is 6. The van der Waals surface area contributed by atoms with Gasteiger partial charge in [0.05, 0.1) is 21.0 Å². The van der Waals surface area contributed by atoms with Crippen molar-refractivity contribution in [2.24, 2.45) is 5.41 Å². The number of rotatable bonds is 4. The predicted octanol–water partition coefficient (Wildman–Crippen LogP) is 3.84. The fourth-order valence-corrected chi connectivity index (χ4v) is 7.00. The second kappa shape index (κ2) is 9.37. The van der Waals surface area contributed by atoms with Crippen LogP contribution in [0.25, 0.3) is 0 Å². The molecule has 2 heterocycles. The third-order valence-electron chi connectivity index (χ3n) is 6.93. The lowest BCUT2D eigenvalue weighted by Gasteiger charge is -2.32. The molecule has 1 saturated carbocycles. The minimum atomic E-state index is -3.84. The number of halogens is 1. The molecule has 192 valence electrons. The highest BCUT2D eigenvalue weighted by atomic mass is 35.5. The average Bonchev–Trinajstić information content (AvgIpc) is 3.32. The Morgan fingerprint density at radius 2 is 1.77 bits per heavy atom. The fourth-order valence-electron chi connectivity index (χ4n) is 5.17. The van der Waals surface area contributed by atoms with E-state index in [1.165, 1.54) is 22.5 Å². The molecular formula is C24H32ClN3O6S. The molecule has 35 heavy (non-hydrogen) atoms. The van der Waals surface area contributed by atoms with Crippen molar-refractivity contribution in [3.8, 4) is 0 Å². The van der Waals surface area contributed by atoms with Gasteiger partial charge in [-0.15, -0.1) is 0 Å². The maximum Gasteiger partial charge on any atom is 0.407 e. The SMILES string of the molecule is CC(C)(C)OC(=O)NC1CCN(S(=O)(=O)c2ccc(N3C(=O)CC4(CCCC4)C3=O)c(Cl)c2)CC1. The molecule has 1 aromatic carbocycles. The smallest absolute Gasteiger partial charge is 0.407 e. The molecule has 4 rings (SSSR count). The number of sulfonamides is 1. The largest absolute Gasteiger partial charge is 0.444 e. The number of nitrogens with zero attached hydrogens (tertiary/aromatic N) is 2. The highest BCUT2D eigenvalue weighted by molar-refractivity contribution is 7.89. The van der Waals surface area contributed by atoms with Gasteiger partial charge in [-0.2, -0.15) is 4.31 Å². The van der Waals surface area contributed by atoms with Gasteiger partial charge in [-0.1, -0.05) is 24.4 Å².